The Balaban J connectivity index is 1.55. The van der Waals surface area contributed by atoms with Crippen molar-refractivity contribution in [3.8, 4) is 0 Å². The molecular formula is C21H29FN4O2S. The van der Waals surface area contributed by atoms with Gasteiger partial charge in [0.1, 0.15) is 11.6 Å². The van der Waals surface area contributed by atoms with Gasteiger partial charge in [-0.05, 0) is 54.3 Å². The number of sulfonamides is 1. The number of hydrogen-bond donors (Lipinski definition) is 1. The lowest BCUT2D eigenvalue weighted by molar-refractivity contribution is 0.561. The minimum absolute atomic E-state index is 0.147. The zero-order valence-electron chi connectivity index (χ0n) is 17.0. The Hall–Kier alpha value is -2.19. The van der Waals surface area contributed by atoms with E-state index in [1.54, 1.807) is 18.3 Å². The van der Waals surface area contributed by atoms with Crippen LogP contribution in [0.2, 0.25) is 0 Å². The maximum absolute atomic E-state index is 13.1. The number of nitrogens with zero attached hydrogens (tertiary/aromatic N) is 3. The van der Waals surface area contributed by atoms with E-state index >= 15 is 0 Å². The van der Waals surface area contributed by atoms with Gasteiger partial charge in [-0.2, -0.15) is 0 Å². The average Bonchev–Trinajstić information content (AvgIpc) is 2.72. The van der Waals surface area contributed by atoms with Gasteiger partial charge in [0.2, 0.25) is 10.0 Å². The van der Waals surface area contributed by atoms with Crippen molar-refractivity contribution in [1.82, 2.24) is 9.71 Å². The van der Waals surface area contributed by atoms with Gasteiger partial charge in [0.25, 0.3) is 0 Å². The Morgan fingerprint density at radius 2 is 1.72 bits per heavy atom. The Bertz CT molecular complexity index is 895. The summed E-state index contributed by atoms with van der Waals surface area (Å²) in [5, 5.41) is 0. The fourth-order valence-electron chi connectivity index (χ4n) is 3.25. The first-order valence-electron chi connectivity index (χ1n) is 10.00. The first-order chi connectivity index (χ1) is 13.8. The van der Waals surface area contributed by atoms with E-state index in [4.69, 9.17) is 0 Å². The van der Waals surface area contributed by atoms with E-state index in [0.717, 1.165) is 43.2 Å². The number of nitrogens with one attached hydrogen (secondary N) is 1. The quantitative estimate of drug-likeness (QED) is 0.711. The summed E-state index contributed by atoms with van der Waals surface area (Å²) in [7, 11) is -3.27. The number of rotatable bonds is 8. The molecule has 3 rings (SSSR count). The van der Waals surface area contributed by atoms with Crippen LogP contribution in [0, 0.1) is 11.7 Å². The number of aromatic nitrogens is 1. The van der Waals surface area contributed by atoms with Crippen molar-refractivity contribution in [2.75, 3.05) is 41.7 Å². The zero-order valence-corrected chi connectivity index (χ0v) is 17.8. The van der Waals surface area contributed by atoms with Crippen LogP contribution in [0.15, 0.2) is 42.6 Å². The third-order valence-electron chi connectivity index (χ3n) is 5.07. The smallest absolute Gasteiger partial charge is 0.211 e. The molecule has 1 N–H and O–H groups in total. The van der Waals surface area contributed by atoms with Crippen molar-refractivity contribution in [2.24, 2.45) is 5.92 Å². The Kier molecular flexibility index (Phi) is 7.08. The topological polar surface area (TPSA) is 65.5 Å². The van der Waals surface area contributed by atoms with Crippen LogP contribution < -0.4 is 14.5 Å². The largest absolute Gasteiger partial charge is 0.368 e. The molecule has 2 aromatic rings. The lowest BCUT2D eigenvalue weighted by atomic mass is 10.2. The molecule has 0 saturated carbocycles. The summed E-state index contributed by atoms with van der Waals surface area (Å²) in [5.41, 5.74) is 1.91. The summed E-state index contributed by atoms with van der Waals surface area (Å²) in [5.74, 6) is 1.12. The molecule has 2 heterocycles. The molecule has 0 bridgehead atoms. The maximum atomic E-state index is 13.1. The highest BCUT2D eigenvalue weighted by atomic mass is 32.2. The van der Waals surface area contributed by atoms with Gasteiger partial charge in [0, 0.05) is 44.6 Å². The minimum Gasteiger partial charge on any atom is -0.368 e. The molecule has 1 aromatic carbocycles. The molecule has 8 heteroatoms. The molecule has 1 saturated heterocycles. The van der Waals surface area contributed by atoms with Gasteiger partial charge in [-0.1, -0.05) is 13.8 Å². The molecule has 6 nitrogen and oxygen atoms in total. The predicted octanol–water partition coefficient (Wildman–Crippen LogP) is 3.01. The van der Waals surface area contributed by atoms with Gasteiger partial charge in [-0.25, -0.2) is 22.5 Å². The lowest BCUT2D eigenvalue weighted by Gasteiger charge is -2.36. The van der Waals surface area contributed by atoms with Crippen molar-refractivity contribution in [2.45, 2.75) is 26.8 Å². The second kappa shape index (κ2) is 9.54. The van der Waals surface area contributed by atoms with Crippen molar-refractivity contribution in [1.29, 1.82) is 0 Å². The van der Waals surface area contributed by atoms with E-state index in [9.17, 15) is 12.8 Å². The monoisotopic (exact) mass is 420 g/mol. The third-order valence-corrected chi connectivity index (χ3v) is 6.42. The molecule has 0 amide bonds. The molecule has 0 radical (unpaired) electrons. The summed E-state index contributed by atoms with van der Waals surface area (Å²) in [6, 6.07) is 10.3. The summed E-state index contributed by atoms with van der Waals surface area (Å²) < 4.78 is 40.0. The van der Waals surface area contributed by atoms with E-state index in [1.807, 2.05) is 26.0 Å². The van der Waals surface area contributed by atoms with Crippen molar-refractivity contribution in [3.05, 3.63) is 54.0 Å². The highest BCUT2D eigenvalue weighted by Crippen LogP contribution is 2.20. The molecule has 0 spiro atoms. The standard InChI is InChI=1S/C21H29FN4O2S/c1-17(2)8-14-29(27,28)24-16-18-7-9-23-21(15-18)26-12-10-25(11-13-26)20-5-3-19(22)4-6-20/h3-7,9,15,17,24H,8,10-14,16H2,1-2H3. The summed E-state index contributed by atoms with van der Waals surface area (Å²) in [6.07, 6.45) is 2.37. The van der Waals surface area contributed by atoms with E-state index < -0.39 is 10.0 Å². The second-order valence-corrected chi connectivity index (χ2v) is 9.72. The fraction of sp³-hybridized carbons (Fsp3) is 0.476. The number of piperazine rings is 1. The second-order valence-electron chi connectivity index (χ2n) is 7.80. The van der Waals surface area contributed by atoms with Crippen molar-refractivity contribution >= 4 is 21.5 Å². The van der Waals surface area contributed by atoms with Crippen LogP contribution in [0.25, 0.3) is 0 Å². The van der Waals surface area contributed by atoms with Crippen LogP contribution in [0.1, 0.15) is 25.8 Å². The Morgan fingerprint density at radius 1 is 1.07 bits per heavy atom. The molecule has 1 aliphatic heterocycles. The number of benzene rings is 1. The number of anilines is 2. The number of pyridine rings is 1. The van der Waals surface area contributed by atoms with Crippen LogP contribution in [0.5, 0.6) is 0 Å². The fourth-order valence-corrected chi connectivity index (χ4v) is 4.56. The van der Waals surface area contributed by atoms with Gasteiger partial charge in [-0.3, -0.25) is 0 Å². The van der Waals surface area contributed by atoms with E-state index in [2.05, 4.69) is 19.5 Å². The molecule has 0 atom stereocenters. The highest BCUT2D eigenvalue weighted by Gasteiger charge is 2.19. The van der Waals surface area contributed by atoms with Gasteiger partial charge >= 0.3 is 0 Å². The van der Waals surface area contributed by atoms with Gasteiger partial charge < -0.3 is 9.80 Å². The molecule has 1 fully saturated rings. The Labute approximate surface area is 172 Å². The summed E-state index contributed by atoms with van der Waals surface area (Å²) in [4.78, 5) is 8.87. The average molecular weight is 421 g/mol. The van der Waals surface area contributed by atoms with Crippen LogP contribution in [0.4, 0.5) is 15.9 Å². The van der Waals surface area contributed by atoms with Crippen molar-refractivity contribution in [3.63, 3.8) is 0 Å². The number of hydrogen-bond acceptors (Lipinski definition) is 5. The normalized spacial score (nSPS) is 15.2. The van der Waals surface area contributed by atoms with E-state index in [0.29, 0.717) is 12.3 Å². The third kappa shape index (κ3) is 6.40. The molecule has 158 valence electrons. The van der Waals surface area contributed by atoms with E-state index in [1.165, 1.54) is 12.1 Å². The maximum Gasteiger partial charge on any atom is 0.211 e. The minimum atomic E-state index is -3.27. The first kappa shape index (κ1) is 21.5. The summed E-state index contributed by atoms with van der Waals surface area (Å²) >= 11 is 0. The molecular weight excluding hydrogens is 391 g/mol. The van der Waals surface area contributed by atoms with Gasteiger partial charge in [-0.15, -0.1) is 0 Å². The predicted molar refractivity (Wildman–Crippen MR) is 115 cm³/mol. The molecule has 0 unspecified atom stereocenters. The Morgan fingerprint density at radius 3 is 2.38 bits per heavy atom. The highest BCUT2D eigenvalue weighted by molar-refractivity contribution is 7.89. The van der Waals surface area contributed by atoms with Crippen molar-refractivity contribution < 1.29 is 12.8 Å². The molecule has 0 aliphatic carbocycles. The molecule has 1 aliphatic rings. The first-order valence-corrected chi connectivity index (χ1v) is 11.7. The summed E-state index contributed by atoms with van der Waals surface area (Å²) in [6.45, 7) is 7.53. The zero-order chi connectivity index (χ0) is 20.9. The van der Waals surface area contributed by atoms with Crippen LogP contribution in [-0.2, 0) is 16.6 Å². The molecule has 1 aromatic heterocycles. The SMILES string of the molecule is CC(C)CCS(=O)(=O)NCc1ccnc(N2CCN(c3ccc(F)cc3)CC2)c1. The van der Waals surface area contributed by atoms with Gasteiger partial charge in [0.15, 0.2) is 0 Å². The van der Waals surface area contributed by atoms with Crippen LogP contribution in [0.3, 0.4) is 0 Å². The lowest BCUT2D eigenvalue weighted by Crippen LogP contribution is -2.46. The number of halogens is 1. The molecule has 29 heavy (non-hydrogen) atoms. The van der Waals surface area contributed by atoms with E-state index in [-0.39, 0.29) is 18.1 Å². The van der Waals surface area contributed by atoms with Crippen LogP contribution in [-0.4, -0.2) is 45.3 Å². The van der Waals surface area contributed by atoms with Gasteiger partial charge in [0.05, 0.1) is 5.75 Å². The van der Waals surface area contributed by atoms with Crippen LogP contribution >= 0.6 is 0 Å².